The number of likely N-dealkylation sites (tertiary alicyclic amines) is 1. The van der Waals surface area contributed by atoms with Crippen LogP contribution in [-0.2, 0) is 16.0 Å². The first-order valence-electron chi connectivity index (χ1n) is 7.53. The van der Waals surface area contributed by atoms with Crippen molar-refractivity contribution in [3.8, 4) is 0 Å². The van der Waals surface area contributed by atoms with Crippen molar-refractivity contribution in [3.63, 3.8) is 0 Å². The normalized spacial score (nSPS) is 18.9. The topological polar surface area (TPSA) is 59.5 Å². The van der Waals surface area contributed by atoms with Gasteiger partial charge in [0.15, 0.2) is 0 Å². The fourth-order valence-corrected chi connectivity index (χ4v) is 3.32. The fraction of sp³-hybridized carbons (Fsp3) is 0.471. The van der Waals surface area contributed by atoms with Gasteiger partial charge in [0, 0.05) is 30.3 Å². The van der Waals surface area contributed by atoms with E-state index in [1.807, 2.05) is 4.90 Å². The van der Waals surface area contributed by atoms with Crippen molar-refractivity contribution in [2.45, 2.75) is 38.6 Å². The second-order valence-electron chi connectivity index (χ2n) is 6.43. The highest BCUT2D eigenvalue weighted by Gasteiger charge is 2.38. The molecular weight excluding hydrogens is 280 g/mol. The standard InChI is InChI=1S/C17H20N2O3/c1-17(2)6-4-8-19(17)15(20)11-9-13-12(16(21)22-3)5-7-18-14(13)10-11/h5,7,10H,4,6,8-9H2,1-3H3. The molecule has 0 spiro atoms. The summed E-state index contributed by atoms with van der Waals surface area (Å²) in [6.45, 7) is 4.98. The van der Waals surface area contributed by atoms with Gasteiger partial charge in [0.25, 0.3) is 5.91 Å². The Kier molecular flexibility index (Phi) is 3.51. The number of hydrogen-bond acceptors (Lipinski definition) is 4. The third kappa shape index (κ3) is 2.30. The van der Waals surface area contributed by atoms with Crippen LogP contribution in [0.4, 0.5) is 0 Å². The molecule has 0 aromatic carbocycles. The van der Waals surface area contributed by atoms with Gasteiger partial charge in [-0.25, -0.2) is 4.79 Å². The zero-order valence-electron chi connectivity index (χ0n) is 13.2. The first kappa shape index (κ1) is 14.8. The van der Waals surface area contributed by atoms with Crippen LogP contribution >= 0.6 is 0 Å². The SMILES string of the molecule is COC(=O)c1ccnc2c1CC(C(=O)N1CCCC1(C)C)=C2. The average molecular weight is 300 g/mol. The number of amides is 1. The van der Waals surface area contributed by atoms with Crippen LogP contribution in [0.2, 0.25) is 0 Å². The van der Waals surface area contributed by atoms with Gasteiger partial charge in [-0.1, -0.05) is 0 Å². The van der Waals surface area contributed by atoms with Crippen molar-refractivity contribution in [3.05, 3.63) is 34.7 Å². The van der Waals surface area contributed by atoms with Crippen LogP contribution in [0, 0.1) is 0 Å². The second kappa shape index (κ2) is 5.23. The summed E-state index contributed by atoms with van der Waals surface area (Å²) in [6.07, 6.45) is 5.88. The number of nitrogens with zero attached hydrogens (tertiary/aromatic N) is 2. The summed E-state index contributed by atoms with van der Waals surface area (Å²) < 4.78 is 4.80. The Labute approximate surface area is 130 Å². The van der Waals surface area contributed by atoms with E-state index in [0.29, 0.717) is 23.3 Å². The van der Waals surface area contributed by atoms with Crippen molar-refractivity contribution in [1.82, 2.24) is 9.88 Å². The van der Waals surface area contributed by atoms with Crippen molar-refractivity contribution >= 4 is 18.0 Å². The summed E-state index contributed by atoms with van der Waals surface area (Å²) in [7, 11) is 1.36. The Bertz CT molecular complexity index is 676. The van der Waals surface area contributed by atoms with Gasteiger partial charge in [-0.2, -0.15) is 0 Å². The third-order valence-corrected chi connectivity index (χ3v) is 4.59. The van der Waals surface area contributed by atoms with Gasteiger partial charge in [-0.3, -0.25) is 9.78 Å². The van der Waals surface area contributed by atoms with E-state index in [4.69, 9.17) is 4.74 Å². The van der Waals surface area contributed by atoms with E-state index >= 15 is 0 Å². The minimum atomic E-state index is -0.387. The number of hydrogen-bond donors (Lipinski definition) is 0. The number of esters is 1. The highest BCUT2D eigenvalue weighted by Crippen LogP contribution is 2.33. The molecular formula is C17H20N2O3. The number of methoxy groups -OCH3 is 1. The molecule has 0 radical (unpaired) electrons. The number of carbonyl (C=O) groups excluding carboxylic acids is 2. The highest BCUT2D eigenvalue weighted by atomic mass is 16.5. The van der Waals surface area contributed by atoms with Gasteiger partial charge >= 0.3 is 5.97 Å². The summed E-state index contributed by atoms with van der Waals surface area (Å²) in [5.74, 6) is -0.335. The van der Waals surface area contributed by atoms with Crippen LogP contribution in [0.15, 0.2) is 17.8 Å². The van der Waals surface area contributed by atoms with Gasteiger partial charge in [0.1, 0.15) is 0 Å². The molecule has 5 nitrogen and oxygen atoms in total. The summed E-state index contributed by atoms with van der Waals surface area (Å²) in [5, 5.41) is 0. The zero-order chi connectivity index (χ0) is 15.9. The first-order chi connectivity index (χ1) is 10.4. The van der Waals surface area contributed by atoms with E-state index in [1.54, 1.807) is 18.3 Å². The largest absolute Gasteiger partial charge is 0.465 e. The van der Waals surface area contributed by atoms with Crippen molar-refractivity contribution in [2.75, 3.05) is 13.7 Å². The molecule has 1 saturated heterocycles. The average Bonchev–Trinajstić information content (AvgIpc) is 3.08. The molecule has 0 bridgehead atoms. The Morgan fingerprint density at radius 2 is 2.14 bits per heavy atom. The van der Waals surface area contributed by atoms with E-state index in [1.165, 1.54) is 7.11 Å². The van der Waals surface area contributed by atoms with Crippen LogP contribution in [0.25, 0.3) is 6.08 Å². The minimum absolute atomic E-state index is 0.0521. The molecule has 2 heterocycles. The number of rotatable bonds is 2. The quantitative estimate of drug-likeness (QED) is 0.786. The molecule has 0 saturated carbocycles. The number of fused-ring (bicyclic) bond motifs is 1. The Morgan fingerprint density at radius 3 is 2.77 bits per heavy atom. The number of ether oxygens (including phenoxy) is 1. The molecule has 1 aliphatic carbocycles. The van der Waals surface area contributed by atoms with E-state index in [-0.39, 0.29) is 17.4 Å². The summed E-state index contributed by atoms with van der Waals surface area (Å²) in [6, 6.07) is 1.64. The molecule has 1 fully saturated rings. The predicted molar refractivity (Wildman–Crippen MR) is 82.3 cm³/mol. The molecule has 0 unspecified atom stereocenters. The molecule has 1 aromatic rings. The maximum Gasteiger partial charge on any atom is 0.338 e. The van der Waals surface area contributed by atoms with Crippen LogP contribution in [0.3, 0.4) is 0 Å². The number of pyridine rings is 1. The molecule has 0 N–H and O–H groups in total. The lowest BCUT2D eigenvalue weighted by Gasteiger charge is -2.32. The molecule has 0 atom stereocenters. The molecule has 1 aliphatic heterocycles. The van der Waals surface area contributed by atoms with Gasteiger partial charge in [0.2, 0.25) is 0 Å². The summed E-state index contributed by atoms with van der Waals surface area (Å²) >= 11 is 0. The van der Waals surface area contributed by atoms with Crippen LogP contribution in [0.5, 0.6) is 0 Å². The molecule has 3 rings (SSSR count). The van der Waals surface area contributed by atoms with Crippen molar-refractivity contribution < 1.29 is 14.3 Å². The van der Waals surface area contributed by atoms with E-state index in [2.05, 4.69) is 18.8 Å². The molecule has 2 aliphatic rings. The fourth-order valence-electron chi connectivity index (χ4n) is 3.32. The molecule has 22 heavy (non-hydrogen) atoms. The summed E-state index contributed by atoms with van der Waals surface area (Å²) in [4.78, 5) is 30.8. The predicted octanol–water partition coefficient (Wildman–Crippen LogP) is 2.21. The van der Waals surface area contributed by atoms with Crippen LogP contribution < -0.4 is 0 Å². The molecule has 1 amide bonds. The van der Waals surface area contributed by atoms with Crippen LogP contribution in [0.1, 0.15) is 48.3 Å². The summed E-state index contributed by atoms with van der Waals surface area (Å²) in [5.41, 5.74) is 2.57. The molecule has 5 heteroatoms. The van der Waals surface area contributed by atoms with Crippen molar-refractivity contribution in [2.24, 2.45) is 0 Å². The minimum Gasteiger partial charge on any atom is -0.465 e. The van der Waals surface area contributed by atoms with Crippen molar-refractivity contribution in [1.29, 1.82) is 0 Å². The lowest BCUT2D eigenvalue weighted by atomic mass is 10.0. The maximum absolute atomic E-state index is 12.8. The molecule has 116 valence electrons. The van der Waals surface area contributed by atoms with E-state index in [9.17, 15) is 9.59 Å². The second-order valence-corrected chi connectivity index (χ2v) is 6.43. The Balaban J connectivity index is 1.88. The van der Waals surface area contributed by atoms with Crippen LogP contribution in [-0.4, -0.2) is 41.0 Å². The first-order valence-corrected chi connectivity index (χ1v) is 7.53. The monoisotopic (exact) mass is 300 g/mol. The Hall–Kier alpha value is -2.17. The zero-order valence-corrected chi connectivity index (χ0v) is 13.2. The number of carbonyl (C=O) groups is 2. The van der Waals surface area contributed by atoms with E-state index < -0.39 is 0 Å². The van der Waals surface area contributed by atoms with Gasteiger partial charge < -0.3 is 9.64 Å². The van der Waals surface area contributed by atoms with Gasteiger partial charge in [-0.15, -0.1) is 0 Å². The lowest BCUT2D eigenvalue weighted by Crippen LogP contribution is -2.43. The smallest absolute Gasteiger partial charge is 0.338 e. The van der Waals surface area contributed by atoms with Gasteiger partial charge in [0.05, 0.1) is 18.4 Å². The third-order valence-electron chi connectivity index (χ3n) is 4.59. The van der Waals surface area contributed by atoms with E-state index in [0.717, 1.165) is 24.9 Å². The Morgan fingerprint density at radius 1 is 1.36 bits per heavy atom. The van der Waals surface area contributed by atoms with Gasteiger partial charge in [-0.05, 0) is 44.4 Å². The molecule has 1 aromatic heterocycles. The number of aromatic nitrogens is 1. The highest BCUT2D eigenvalue weighted by molar-refractivity contribution is 6.02. The maximum atomic E-state index is 12.8. The lowest BCUT2D eigenvalue weighted by molar-refractivity contribution is -0.130.